The SMILES string of the molecule is C=CC[C@@H]1CC=C[C@@H](C)N1C(=O)CCC1(Cc2ccco2)CCC(=O)N1. The van der Waals surface area contributed by atoms with Crippen LogP contribution in [0.4, 0.5) is 0 Å². The van der Waals surface area contributed by atoms with Gasteiger partial charge in [0.2, 0.25) is 11.8 Å². The average molecular weight is 356 g/mol. The highest BCUT2D eigenvalue weighted by atomic mass is 16.3. The predicted octanol–water partition coefficient (Wildman–Crippen LogP) is 3.37. The first-order valence-corrected chi connectivity index (χ1v) is 9.45. The van der Waals surface area contributed by atoms with Gasteiger partial charge in [0, 0.05) is 36.9 Å². The smallest absolute Gasteiger partial charge is 0.223 e. The lowest BCUT2D eigenvalue weighted by Gasteiger charge is -2.38. The molecule has 2 amide bonds. The van der Waals surface area contributed by atoms with Crippen LogP contribution in [0, 0.1) is 0 Å². The monoisotopic (exact) mass is 356 g/mol. The zero-order chi connectivity index (χ0) is 18.6. The molecule has 0 saturated carbocycles. The van der Waals surface area contributed by atoms with Crippen LogP contribution >= 0.6 is 0 Å². The molecule has 140 valence electrons. The highest BCUT2D eigenvalue weighted by Gasteiger charge is 2.39. The Balaban J connectivity index is 1.68. The van der Waals surface area contributed by atoms with Gasteiger partial charge in [-0.25, -0.2) is 0 Å². The number of hydrogen-bond donors (Lipinski definition) is 1. The molecule has 3 heterocycles. The van der Waals surface area contributed by atoms with Gasteiger partial charge >= 0.3 is 0 Å². The van der Waals surface area contributed by atoms with Crippen molar-refractivity contribution >= 4 is 11.8 Å². The molecule has 2 aliphatic heterocycles. The van der Waals surface area contributed by atoms with Gasteiger partial charge in [-0.3, -0.25) is 9.59 Å². The van der Waals surface area contributed by atoms with E-state index in [1.807, 2.05) is 23.1 Å². The van der Waals surface area contributed by atoms with Crippen molar-refractivity contribution in [3.63, 3.8) is 0 Å². The predicted molar refractivity (Wildman–Crippen MR) is 100 cm³/mol. The van der Waals surface area contributed by atoms with E-state index >= 15 is 0 Å². The number of rotatable bonds is 7. The van der Waals surface area contributed by atoms with Crippen molar-refractivity contribution in [1.82, 2.24) is 10.2 Å². The van der Waals surface area contributed by atoms with Crippen molar-refractivity contribution in [2.24, 2.45) is 0 Å². The second-order valence-electron chi connectivity index (χ2n) is 7.47. The summed E-state index contributed by atoms with van der Waals surface area (Å²) in [6.07, 6.45) is 12.4. The second kappa shape index (κ2) is 7.94. The van der Waals surface area contributed by atoms with Gasteiger partial charge in [-0.1, -0.05) is 18.2 Å². The average Bonchev–Trinajstić information content (AvgIpc) is 3.24. The molecule has 2 aliphatic rings. The number of nitrogens with one attached hydrogen (secondary N) is 1. The van der Waals surface area contributed by atoms with Crippen LogP contribution in [0.15, 0.2) is 47.6 Å². The molecule has 0 aromatic carbocycles. The van der Waals surface area contributed by atoms with Crippen molar-refractivity contribution in [1.29, 1.82) is 0 Å². The maximum absolute atomic E-state index is 13.0. The number of furan rings is 1. The van der Waals surface area contributed by atoms with Crippen molar-refractivity contribution in [3.05, 3.63) is 49.0 Å². The van der Waals surface area contributed by atoms with Crippen LogP contribution in [0.2, 0.25) is 0 Å². The Labute approximate surface area is 155 Å². The van der Waals surface area contributed by atoms with Gasteiger partial charge in [0.05, 0.1) is 6.26 Å². The van der Waals surface area contributed by atoms with E-state index in [0.29, 0.717) is 25.7 Å². The van der Waals surface area contributed by atoms with Crippen LogP contribution in [-0.4, -0.2) is 34.3 Å². The Kier molecular flexibility index (Phi) is 5.64. The Bertz CT molecular complexity index is 679. The lowest BCUT2D eigenvalue weighted by Crippen LogP contribution is -2.49. The molecule has 1 unspecified atom stereocenters. The van der Waals surface area contributed by atoms with E-state index < -0.39 is 0 Å². The lowest BCUT2D eigenvalue weighted by atomic mass is 9.86. The molecule has 0 aliphatic carbocycles. The number of nitrogens with zero attached hydrogens (tertiary/aromatic N) is 1. The first kappa shape index (κ1) is 18.5. The minimum atomic E-state index is -0.382. The zero-order valence-corrected chi connectivity index (χ0v) is 15.4. The fourth-order valence-corrected chi connectivity index (χ4v) is 4.21. The summed E-state index contributed by atoms with van der Waals surface area (Å²) in [4.78, 5) is 26.8. The summed E-state index contributed by atoms with van der Waals surface area (Å²) >= 11 is 0. The van der Waals surface area contributed by atoms with Gasteiger partial charge in [0.15, 0.2) is 0 Å². The van der Waals surface area contributed by atoms with Crippen LogP contribution in [0.3, 0.4) is 0 Å². The fraction of sp³-hybridized carbons (Fsp3) is 0.524. The third-order valence-electron chi connectivity index (χ3n) is 5.53. The summed E-state index contributed by atoms with van der Waals surface area (Å²) in [6.45, 7) is 5.88. The Morgan fingerprint density at radius 2 is 2.38 bits per heavy atom. The molecule has 0 spiro atoms. The van der Waals surface area contributed by atoms with E-state index in [-0.39, 0.29) is 29.4 Å². The van der Waals surface area contributed by atoms with Crippen LogP contribution in [0.5, 0.6) is 0 Å². The number of carbonyl (C=O) groups excluding carboxylic acids is 2. The van der Waals surface area contributed by atoms with Crippen LogP contribution in [0.1, 0.15) is 51.2 Å². The largest absolute Gasteiger partial charge is 0.469 e. The van der Waals surface area contributed by atoms with Crippen LogP contribution in [-0.2, 0) is 16.0 Å². The molecule has 5 heteroatoms. The Morgan fingerprint density at radius 1 is 1.54 bits per heavy atom. The van der Waals surface area contributed by atoms with Gasteiger partial charge in [0.1, 0.15) is 5.76 Å². The van der Waals surface area contributed by atoms with Crippen molar-refractivity contribution in [3.8, 4) is 0 Å². The molecule has 3 atom stereocenters. The first-order chi connectivity index (χ1) is 12.5. The summed E-state index contributed by atoms with van der Waals surface area (Å²) in [5.41, 5.74) is -0.382. The molecule has 1 fully saturated rings. The summed E-state index contributed by atoms with van der Waals surface area (Å²) in [5.74, 6) is 1.05. The molecule has 5 nitrogen and oxygen atoms in total. The molecule has 0 radical (unpaired) electrons. The van der Waals surface area contributed by atoms with E-state index in [1.54, 1.807) is 6.26 Å². The minimum absolute atomic E-state index is 0.0582. The van der Waals surface area contributed by atoms with Crippen LogP contribution < -0.4 is 5.32 Å². The Morgan fingerprint density at radius 3 is 3.04 bits per heavy atom. The number of hydrogen-bond acceptors (Lipinski definition) is 3. The standard InChI is InChI=1S/C21H28N2O3/c1-3-6-17-8-4-7-16(2)23(17)20(25)11-13-21(12-10-19(24)22-21)15-18-9-5-14-26-18/h3-5,7,9,14,16-17H,1,6,8,10-13,15H2,2H3,(H,22,24)/t16-,17-,21?/m1/s1. The molecule has 1 saturated heterocycles. The first-order valence-electron chi connectivity index (χ1n) is 9.45. The van der Waals surface area contributed by atoms with Crippen molar-refractivity contribution in [2.45, 2.75) is 69.5 Å². The molecule has 1 aromatic rings. The van der Waals surface area contributed by atoms with E-state index in [1.165, 1.54) is 0 Å². The summed E-state index contributed by atoms with van der Waals surface area (Å²) < 4.78 is 5.48. The van der Waals surface area contributed by atoms with E-state index in [4.69, 9.17) is 4.42 Å². The summed E-state index contributed by atoms with van der Waals surface area (Å²) in [6, 6.07) is 4.05. The maximum Gasteiger partial charge on any atom is 0.223 e. The van der Waals surface area contributed by atoms with E-state index in [0.717, 1.165) is 25.0 Å². The second-order valence-corrected chi connectivity index (χ2v) is 7.47. The van der Waals surface area contributed by atoms with Crippen molar-refractivity contribution in [2.75, 3.05) is 0 Å². The van der Waals surface area contributed by atoms with Gasteiger partial charge in [-0.05, 0) is 44.7 Å². The van der Waals surface area contributed by atoms with Gasteiger partial charge < -0.3 is 14.6 Å². The van der Waals surface area contributed by atoms with E-state index in [9.17, 15) is 9.59 Å². The molecule has 26 heavy (non-hydrogen) atoms. The van der Waals surface area contributed by atoms with Crippen molar-refractivity contribution < 1.29 is 14.0 Å². The normalized spacial score (nSPS) is 28.2. The van der Waals surface area contributed by atoms with Gasteiger partial charge in [-0.15, -0.1) is 6.58 Å². The third kappa shape index (κ3) is 4.09. The quantitative estimate of drug-likeness (QED) is 0.762. The molecule has 1 aromatic heterocycles. The fourth-order valence-electron chi connectivity index (χ4n) is 4.21. The zero-order valence-electron chi connectivity index (χ0n) is 15.4. The van der Waals surface area contributed by atoms with Crippen LogP contribution in [0.25, 0.3) is 0 Å². The van der Waals surface area contributed by atoms with E-state index in [2.05, 4.69) is 31.0 Å². The molecular weight excluding hydrogens is 328 g/mol. The molecular formula is C21H28N2O3. The topological polar surface area (TPSA) is 62.6 Å². The van der Waals surface area contributed by atoms with Gasteiger partial charge in [0.25, 0.3) is 0 Å². The number of amides is 2. The summed E-state index contributed by atoms with van der Waals surface area (Å²) in [5, 5.41) is 3.11. The number of carbonyl (C=O) groups is 2. The third-order valence-corrected chi connectivity index (χ3v) is 5.53. The highest BCUT2D eigenvalue weighted by molar-refractivity contribution is 5.80. The minimum Gasteiger partial charge on any atom is -0.469 e. The summed E-state index contributed by atoms with van der Waals surface area (Å²) in [7, 11) is 0. The maximum atomic E-state index is 13.0. The Hall–Kier alpha value is -2.30. The molecule has 3 rings (SSSR count). The highest BCUT2D eigenvalue weighted by Crippen LogP contribution is 2.31. The molecule has 0 bridgehead atoms. The molecule has 1 N–H and O–H groups in total. The van der Waals surface area contributed by atoms with Gasteiger partial charge in [-0.2, -0.15) is 0 Å². The lowest BCUT2D eigenvalue weighted by molar-refractivity contribution is -0.135.